The Kier molecular flexibility index (Phi) is 3.83. The fourth-order valence-corrected chi connectivity index (χ4v) is 1.94. The minimum Gasteiger partial charge on any atom is -0.504 e. The highest BCUT2D eigenvalue weighted by molar-refractivity contribution is 5.59. The van der Waals surface area contributed by atoms with Gasteiger partial charge in [0.05, 0.1) is 0 Å². The van der Waals surface area contributed by atoms with Crippen LogP contribution in [0.1, 0.15) is 0 Å². The van der Waals surface area contributed by atoms with Crippen LogP contribution >= 0.6 is 0 Å². The van der Waals surface area contributed by atoms with E-state index in [1.807, 2.05) is 36.4 Å². The number of para-hydroxylation sites is 2. The third-order valence-electron chi connectivity index (χ3n) is 3.01. The molecule has 0 bridgehead atoms. The highest BCUT2D eigenvalue weighted by Gasteiger charge is 2.16. The normalized spacial score (nSPS) is 10.2. The molecule has 0 aliphatic heterocycles. The average Bonchev–Trinajstić information content (AvgIpc) is 2.56. The molecule has 110 valence electrons. The van der Waals surface area contributed by atoms with Gasteiger partial charge in [-0.1, -0.05) is 36.4 Å². The van der Waals surface area contributed by atoms with Gasteiger partial charge in [-0.15, -0.1) is 0 Å². The summed E-state index contributed by atoms with van der Waals surface area (Å²) in [5, 5.41) is 19.7. The van der Waals surface area contributed by atoms with Crippen LogP contribution in [-0.2, 0) is 0 Å². The lowest BCUT2D eigenvalue weighted by Gasteiger charge is -2.14. The predicted octanol–water partition coefficient (Wildman–Crippen LogP) is 4.68. The van der Waals surface area contributed by atoms with Crippen LogP contribution in [0.25, 0.3) is 0 Å². The minimum absolute atomic E-state index is 0.0649. The fraction of sp³-hybridized carbons (Fsp3) is 0. The van der Waals surface area contributed by atoms with Crippen LogP contribution in [0.5, 0.6) is 34.5 Å². The van der Waals surface area contributed by atoms with E-state index in [1.165, 1.54) is 6.07 Å². The van der Waals surface area contributed by atoms with Crippen LogP contribution in [0, 0.1) is 0 Å². The third kappa shape index (κ3) is 2.96. The van der Waals surface area contributed by atoms with E-state index in [0.717, 1.165) is 0 Å². The maximum absolute atomic E-state index is 10.1. The summed E-state index contributed by atoms with van der Waals surface area (Å²) in [6, 6.07) is 21.0. The largest absolute Gasteiger partial charge is 0.504 e. The van der Waals surface area contributed by atoms with Gasteiger partial charge in [-0.2, -0.15) is 0 Å². The van der Waals surface area contributed by atoms with Crippen molar-refractivity contribution in [2.75, 3.05) is 0 Å². The number of ether oxygens (including phenoxy) is 2. The molecule has 0 unspecified atom stereocenters. The van der Waals surface area contributed by atoms with E-state index in [2.05, 4.69) is 0 Å². The molecule has 4 nitrogen and oxygen atoms in total. The predicted molar refractivity (Wildman–Crippen MR) is 82.8 cm³/mol. The molecule has 0 saturated carbocycles. The summed E-state index contributed by atoms with van der Waals surface area (Å²) >= 11 is 0. The van der Waals surface area contributed by atoms with Gasteiger partial charge in [-0.3, -0.25) is 0 Å². The Bertz CT molecular complexity index is 755. The quantitative estimate of drug-likeness (QED) is 0.686. The molecule has 0 aliphatic rings. The van der Waals surface area contributed by atoms with Gasteiger partial charge in [0, 0.05) is 0 Å². The van der Waals surface area contributed by atoms with Gasteiger partial charge in [0.25, 0.3) is 0 Å². The molecule has 0 fully saturated rings. The Balaban J connectivity index is 1.97. The lowest BCUT2D eigenvalue weighted by Crippen LogP contribution is -1.91. The van der Waals surface area contributed by atoms with E-state index < -0.39 is 0 Å². The fourth-order valence-electron chi connectivity index (χ4n) is 1.94. The van der Waals surface area contributed by atoms with Gasteiger partial charge in [-0.25, -0.2) is 0 Å². The summed E-state index contributed by atoms with van der Waals surface area (Å²) in [7, 11) is 0. The van der Waals surface area contributed by atoms with E-state index in [0.29, 0.717) is 17.2 Å². The number of phenols is 2. The van der Waals surface area contributed by atoms with Crippen molar-refractivity contribution in [1.82, 2.24) is 0 Å². The monoisotopic (exact) mass is 294 g/mol. The van der Waals surface area contributed by atoms with E-state index in [1.54, 1.807) is 30.3 Å². The summed E-state index contributed by atoms with van der Waals surface area (Å²) in [4.78, 5) is 0. The second kappa shape index (κ2) is 6.10. The second-order valence-corrected chi connectivity index (χ2v) is 4.59. The maximum atomic E-state index is 10.1. The van der Waals surface area contributed by atoms with Crippen LogP contribution in [0.4, 0.5) is 0 Å². The van der Waals surface area contributed by atoms with Crippen molar-refractivity contribution >= 4 is 0 Å². The first-order valence-corrected chi connectivity index (χ1v) is 6.75. The second-order valence-electron chi connectivity index (χ2n) is 4.59. The Labute approximate surface area is 127 Å². The first kappa shape index (κ1) is 13.8. The van der Waals surface area contributed by atoms with E-state index >= 15 is 0 Å². The average molecular weight is 294 g/mol. The highest BCUT2D eigenvalue weighted by atomic mass is 16.5. The molecule has 0 saturated heterocycles. The number of aromatic hydroxyl groups is 2. The van der Waals surface area contributed by atoms with Crippen molar-refractivity contribution < 1.29 is 19.7 Å². The van der Waals surface area contributed by atoms with E-state index in [9.17, 15) is 10.2 Å². The number of rotatable bonds is 4. The number of hydrogen-bond acceptors (Lipinski definition) is 4. The van der Waals surface area contributed by atoms with Crippen molar-refractivity contribution in [2.45, 2.75) is 0 Å². The number of phenolic OH excluding ortho intramolecular Hbond substituents is 2. The standard InChI is InChI=1S/C18H14O4/c19-15-11-12-16(21-13-7-3-1-4-8-13)18(17(15)20)22-14-9-5-2-6-10-14/h1-12,19-20H. The summed E-state index contributed by atoms with van der Waals surface area (Å²) < 4.78 is 11.4. The molecule has 4 heteroatoms. The molecular weight excluding hydrogens is 280 g/mol. The zero-order valence-electron chi connectivity index (χ0n) is 11.6. The molecule has 22 heavy (non-hydrogen) atoms. The molecular formula is C18H14O4. The third-order valence-corrected chi connectivity index (χ3v) is 3.01. The van der Waals surface area contributed by atoms with Crippen LogP contribution in [0.3, 0.4) is 0 Å². The van der Waals surface area contributed by atoms with Crippen molar-refractivity contribution in [3.05, 3.63) is 72.8 Å². The highest BCUT2D eigenvalue weighted by Crippen LogP contribution is 2.46. The lowest BCUT2D eigenvalue weighted by molar-refractivity contribution is 0.355. The molecule has 2 N–H and O–H groups in total. The molecule has 0 amide bonds. The first-order chi connectivity index (χ1) is 10.7. The lowest BCUT2D eigenvalue weighted by atomic mass is 10.2. The molecule has 0 aromatic heterocycles. The molecule has 3 aromatic carbocycles. The van der Waals surface area contributed by atoms with Crippen LogP contribution < -0.4 is 9.47 Å². The van der Waals surface area contributed by atoms with Gasteiger partial charge in [0.15, 0.2) is 11.5 Å². The summed E-state index contributed by atoms with van der Waals surface area (Å²) in [5.74, 6) is 0.871. The zero-order valence-corrected chi connectivity index (χ0v) is 11.6. The van der Waals surface area contributed by atoms with Crippen molar-refractivity contribution in [3.8, 4) is 34.5 Å². The first-order valence-electron chi connectivity index (χ1n) is 6.75. The topological polar surface area (TPSA) is 58.9 Å². The summed E-state index contributed by atoms with van der Waals surface area (Å²) in [6.07, 6.45) is 0. The van der Waals surface area contributed by atoms with Gasteiger partial charge in [0.2, 0.25) is 11.5 Å². The van der Waals surface area contributed by atoms with Gasteiger partial charge < -0.3 is 19.7 Å². The van der Waals surface area contributed by atoms with Crippen LogP contribution in [-0.4, -0.2) is 10.2 Å². The smallest absolute Gasteiger partial charge is 0.215 e. The molecule has 0 radical (unpaired) electrons. The van der Waals surface area contributed by atoms with Crippen molar-refractivity contribution in [3.63, 3.8) is 0 Å². The summed E-state index contributed by atoms with van der Waals surface area (Å²) in [6.45, 7) is 0. The van der Waals surface area contributed by atoms with Crippen LogP contribution in [0.2, 0.25) is 0 Å². The van der Waals surface area contributed by atoms with Gasteiger partial charge >= 0.3 is 0 Å². The molecule has 3 aromatic rings. The van der Waals surface area contributed by atoms with E-state index in [-0.39, 0.29) is 17.2 Å². The Hall–Kier alpha value is -3.14. The summed E-state index contributed by atoms with van der Waals surface area (Å²) in [5.41, 5.74) is 0. The molecule has 0 heterocycles. The van der Waals surface area contributed by atoms with Gasteiger partial charge in [-0.05, 0) is 36.4 Å². The molecule has 0 aliphatic carbocycles. The van der Waals surface area contributed by atoms with Crippen LogP contribution in [0.15, 0.2) is 72.8 Å². The van der Waals surface area contributed by atoms with Crippen molar-refractivity contribution in [2.24, 2.45) is 0 Å². The number of hydrogen-bond donors (Lipinski definition) is 2. The van der Waals surface area contributed by atoms with Crippen molar-refractivity contribution in [1.29, 1.82) is 0 Å². The molecule has 0 atom stereocenters. The Morgan fingerprint density at radius 2 is 1.14 bits per heavy atom. The maximum Gasteiger partial charge on any atom is 0.215 e. The Morgan fingerprint density at radius 3 is 1.73 bits per heavy atom. The zero-order chi connectivity index (χ0) is 15.4. The van der Waals surface area contributed by atoms with Gasteiger partial charge in [0.1, 0.15) is 11.5 Å². The SMILES string of the molecule is Oc1ccc(Oc2ccccc2)c(Oc2ccccc2)c1O. The minimum atomic E-state index is -0.364. The Morgan fingerprint density at radius 1 is 0.591 bits per heavy atom. The molecule has 3 rings (SSSR count). The molecule has 0 spiro atoms. The number of benzene rings is 3. The van der Waals surface area contributed by atoms with E-state index in [4.69, 9.17) is 9.47 Å².